The molecule has 0 aromatic heterocycles. The summed E-state index contributed by atoms with van der Waals surface area (Å²) in [4.78, 5) is 42.2. The van der Waals surface area contributed by atoms with Crippen LogP contribution in [-0.4, -0.2) is 35.2 Å². The Bertz CT molecular complexity index is 900. The van der Waals surface area contributed by atoms with Crippen molar-refractivity contribution in [1.82, 2.24) is 4.90 Å². The van der Waals surface area contributed by atoms with Crippen LogP contribution in [0.15, 0.2) is 48.5 Å². The predicted octanol–water partition coefficient (Wildman–Crippen LogP) is 3.29. The SMILES string of the molecule is CC(C)C[C@H](C(=O)N1CCc2ccccc21)N1C(=O)c2ccccc2C1=O. The number of hydrogen-bond acceptors (Lipinski definition) is 3. The van der Waals surface area contributed by atoms with Gasteiger partial charge in [0.05, 0.1) is 11.1 Å². The van der Waals surface area contributed by atoms with Gasteiger partial charge in [0, 0.05) is 12.2 Å². The quantitative estimate of drug-likeness (QED) is 0.784. The number of carbonyl (C=O) groups is 3. The number of rotatable bonds is 4. The summed E-state index contributed by atoms with van der Waals surface area (Å²) in [5.41, 5.74) is 2.76. The molecule has 0 spiro atoms. The highest BCUT2D eigenvalue weighted by atomic mass is 16.2. The minimum absolute atomic E-state index is 0.168. The van der Waals surface area contributed by atoms with Crippen LogP contribution in [-0.2, 0) is 11.2 Å². The minimum Gasteiger partial charge on any atom is -0.310 e. The van der Waals surface area contributed by atoms with Gasteiger partial charge in [0.2, 0.25) is 5.91 Å². The van der Waals surface area contributed by atoms with Gasteiger partial charge in [-0.3, -0.25) is 19.3 Å². The first-order chi connectivity index (χ1) is 13.0. The molecule has 0 N–H and O–H groups in total. The summed E-state index contributed by atoms with van der Waals surface area (Å²) in [6.07, 6.45) is 1.24. The van der Waals surface area contributed by atoms with Gasteiger partial charge in [-0.1, -0.05) is 44.2 Å². The number of anilines is 1. The predicted molar refractivity (Wildman–Crippen MR) is 103 cm³/mol. The summed E-state index contributed by atoms with van der Waals surface area (Å²) >= 11 is 0. The molecule has 2 aromatic rings. The first-order valence-electron chi connectivity index (χ1n) is 9.35. The highest BCUT2D eigenvalue weighted by molar-refractivity contribution is 6.23. The zero-order chi connectivity index (χ0) is 19.1. The molecule has 0 saturated carbocycles. The molecule has 0 unspecified atom stereocenters. The van der Waals surface area contributed by atoms with E-state index in [0.717, 1.165) is 17.7 Å². The Morgan fingerprint density at radius 1 is 0.963 bits per heavy atom. The van der Waals surface area contributed by atoms with Crippen molar-refractivity contribution in [2.75, 3.05) is 11.4 Å². The van der Waals surface area contributed by atoms with Gasteiger partial charge in [-0.25, -0.2) is 0 Å². The van der Waals surface area contributed by atoms with Crippen molar-refractivity contribution in [3.63, 3.8) is 0 Å². The first kappa shape index (κ1) is 17.5. The number of nitrogens with zero attached hydrogens (tertiary/aromatic N) is 2. The van der Waals surface area contributed by atoms with Gasteiger partial charge in [-0.05, 0) is 42.5 Å². The number of imide groups is 1. The molecule has 5 nitrogen and oxygen atoms in total. The topological polar surface area (TPSA) is 57.7 Å². The lowest BCUT2D eigenvalue weighted by Gasteiger charge is -2.30. The molecule has 2 aliphatic rings. The van der Waals surface area contributed by atoms with Crippen LogP contribution < -0.4 is 4.90 Å². The lowest BCUT2D eigenvalue weighted by molar-refractivity contribution is -0.122. The van der Waals surface area contributed by atoms with Gasteiger partial charge in [-0.2, -0.15) is 0 Å². The second kappa shape index (κ2) is 6.65. The van der Waals surface area contributed by atoms with Crippen molar-refractivity contribution in [3.05, 3.63) is 65.2 Å². The Hall–Kier alpha value is -2.95. The molecule has 0 radical (unpaired) electrons. The van der Waals surface area contributed by atoms with Gasteiger partial charge in [0.1, 0.15) is 6.04 Å². The third-order valence-corrected chi connectivity index (χ3v) is 5.27. The van der Waals surface area contributed by atoms with Crippen molar-refractivity contribution < 1.29 is 14.4 Å². The van der Waals surface area contributed by atoms with E-state index in [9.17, 15) is 14.4 Å². The average Bonchev–Trinajstić information content (AvgIpc) is 3.20. The second-order valence-electron chi connectivity index (χ2n) is 7.54. The Kier molecular flexibility index (Phi) is 4.30. The van der Waals surface area contributed by atoms with Crippen LogP contribution in [0.1, 0.15) is 46.5 Å². The van der Waals surface area contributed by atoms with E-state index in [4.69, 9.17) is 0 Å². The molecule has 138 valence electrons. The molecule has 27 heavy (non-hydrogen) atoms. The van der Waals surface area contributed by atoms with Crippen LogP contribution in [0.2, 0.25) is 0 Å². The molecule has 0 fully saturated rings. The number of fused-ring (bicyclic) bond motifs is 2. The third kappa shape index (κ3) is 2.83. The van der Waals surface area contributed by atoms with Crippen LogP contribution in [0.25, 0.3) is 0 Å². The lowest BCUT2D eigenvalue weighted by atomic mass is 10.0. The Morgan fingerprint density at radius 3 is 2.19 bits per heavy atom. The smallest absolute Gasteiger partial charge is 0.262 e. The van der Waals surface area contributed by atoms with Crippen molar-refractivity contribution in [2.45, 2.75) is 32.7 Å². The largest absolute Gasteiger partial charge is 0.310 e. The van der Waals surface area contributed by atoms with Gasteiger partial charge < -0.3 is 4.90 Å². The molecular formula is C22H22N2O3. The van der Waals surface area contributed by atoms with Crippen LogP contribution in [0.3, 0.4) is 0 Å². The highest BCUT2D eigenvalue weighted by Crippen LogP contribution is 2.32. The number of hydrogen-bond donors (Lipinski definition) is 0. The average molecular weight is 362 g/mol. The van der Waals surface area contributed by atoms with Crippen molar-refractivity contribution >= 4 is 23.4 Å². The molecule has 0 saturated heterocycles. The molecule has 5 heteroatoms. The zero-order valence-electron chi connectivity index (χ0n) is 15.5. The standard InChI is InChI=1S/C22H22N2O3/c1-14(2)13-19(22(27)23-12-11-15-7-3-6-10-18(15)23)24-20(25)16-8-4-5-9-17(16)21(24)26/h3-10,14,19H,11-13H2,1-2H3/t19-/m1/s1. The van der Waals surface area contributed by atoms with E-state index < -0.39 is 6.04 Å². The van der Waals surface area contributed by atoms with Crippen LogP contribution in [0, 0.1) is 5.92 Å². The molecule has 3 amide bonds. The van der Waals surface area contributed by atoms with E-state index in [2.05, 4.69) is 0 Å². The van der Waals surface area contributed by atoms with Crippen molar-refractivity contribution in [2.24, 2.45) is 5.92 Å². The zero-order valence-corrected chi connectivity index (χ0v) is 15.5. The van der Waals surface area contributed by atoms with E-state index in [0.29, 0.717) is 24.1 Å². The summed E-state index contributed by atoms with van der Waals surface area (Å²) in [5.74, 6) is -0.756. The fraction of sp³-hybridized carbons (Fsp3) is 0.318. The molecule has 0 bridgehead atoms. The summed E-state index contributed by atoms with van der Waals surface area (Å²) < 4.78 is 0. The van der Waals surface area contributed by atoms with Crippen LogP contribution in [0.4, 0.5) is 5.69 Å². The highest BCUT2D eigenvalue weighted by Gasteiger charge is 2.44. The van der Waals surface area contributed by atoms with E-state index >= 15 is 0 Å². The molecule has 2 heterocycles. The number of carbonyl (C=O) groups excluding carboxylic acids is 3. The molecular weight excluding hydrogens is 340 g/mol. The number of amides is 3. The van der Waals surface area contributed by atoms with Crippen molar-refractivity contribution in [1.29, 1.82) is 0 Å². The molecule has 4 rings (SSSR count). The third-order valence-electron chi connectivity index (χ3n) is 5.27. The Morgan fingerprint density at radius 2 is 1.56 bits per heavy atom. The maximum Gasteiger partial charge on any atom is 0.262 e. The molecule has 2 aromatic carbocycles. The first-order valence-corrected chi connectivity index (χ1v) is 9.35. The monoisotopic (exact) mass is 362 g/mol. The van der Waals surface area contributed by atoms with E-state index in [-0.39, 0.29) is 23.6 Å². The summed E-state index contributed by atoms with van der Waals surface area (Å²) in [6.45, 7) is 4.57. The minimum atomic E-state index is -0.788. The Labute approximate surface area is 158 Å². The summed E-state index contributed by atoms with van der Waals surface area (Å²) in [5, 5.41) is 0. The maximum absolute atomic E-state index is 13.5. The second-order valence-corrected chi connectivity index (χ2v) is 7.54. The van der Waals surface area contributed by atoms with Gasteiger partial charge in [0.15, 0.2) is 0 Å². The maximum atomic E-state index is 13.5. The van der Waals surface area contributed by atoms with E-state index in [1.165, 1.54) is 4.90 Å². The van der Waals surface area contributed by atoms with Gasteiger partial charge in [-0.15, -0.1) is 0 Å². The fourth-order valence-corrected chi connectivity index (χ4v) is 4.00. The van der Waals surface area contributed by atoms with E-state index in [1.54, 1.807) is 29.2 Å². The van der Waals surface area contributed by atoms with Gasteiger partial charge in [0.25, 0.3) is 11.8 Å². The van der Waals surface area contributed by atoms with Gasteiger partial charge >= 0.3 is 0 Å². The van der Waals surface area contributed by atoms with Crippen LogP contribution in [0.5, 0.6) is 0 Å². The normalized spacial score (nSPS) is 16.7. The van der Waals surface area contributed by atoms with E-state index in [1.807, 2.05) is 38.1 Å². The van der Waals surface area contributed by atoms with Crippen molar-refractivity contribution in [3.8, 4) is 0 Å². The van der Waals surface area contributed by atoms with Crippen LogP contribution >= 0.6 is 0 Å². The fourth-order valence-electron chi connectivity index (χ4n) is 4.00. The Balaban J connectivity index is 1.70. The summed E-state index contributed by atoms with van der Waals surface area (Å²) in [6, 6.07) is 13.8. The molecule has 1 atom stereocenters. The lowest BCUT2D eigenvalue weighted by Crippen LogP contribution is -2.51. The molecule has 2 aliphatic heterocycles. The summed E-state index contributed by atoms with van der Waals surface area (Å²) in [7, 11) is 0. The molecule has 0 aliphatic carbocycles. The number of benzene rings is 2. The number of para-hydroxylation sites is 1.